The number of nitrogens with zero attached hydrogens (tertiary/aromatic N) is 1. The molecule has 0 aliphatic rings. The van der Waals surface area contributed by atoms with Crippen LogP contribution in [0.2, 0.25) is 0 Å². The molecule has 1 aromatic heterocycles. The van der Waals surface area contributed by atoms with Gasteiger partial charge in [0.2, 0.25) is 0 Å². The van der Waals surface area contributed by atoms with Crippen molar-refractivity contribution in [2.24, 2.45) is 0 Å². The fourth-order valence-electron chi connectivity index (χ4n) is 1.95. The van der Waals surface area contributed by atoms with Gasteiger partial charge in [-0.3, -0.25) is 0 Å². The van der Waals surface area contributed by atoms with Gasteiger partial charge in [-0.2, -0.15) is 0 Å². The number of hydrogen-bond donors (Lipinski definition) is 1. The first-order valence-electron chi connectivity index (χ1n) is 6.15. The molecular formula is C15H14FNO3S. The van der Waals surface area contributed by atoms with E-state index in [1.807, 2.05) is 6.92 Å². The number of aromatic nitrogens is 1. The number of hydrogen-bond acceptors (Lipinski definition) is 4. The number of thiazole rings is 1. The van der Waals surface area contributed by atoms with Gasteiger partial charge in [-0.15, -0.1) is 11.3 Å². The number of methoxy groups -OCH3 is 1. The zero-order chi connectivity index (χ0) is 15.6. The molecule has 21 heavy (non-hydrogen) atoms. The van der Waals surface area contributed by atoms with Crippen molar-refractivity contribution >= 4 is 22.9 Å². The minimum absolute atomic E-state index is 0.157. The Morgan fingerprint density at radius 1 is 1.48 bits per heavy atom. The van der Waals surface area contributed by atoms with E-state index >= 15 is 0 Å². The van der Waals surface area contributed by atoms with Crippen molar-refractivity contribution in [3.05, 3.63) is 40.0 Å². The van der Waals surface area contributed by atoms with Crippen molar-refractivity contribution in [2.45, 2.75) is 13.8 Å². The Bertz CT molecular complexity index is 722. The van der Waals surface area contributed by atoms with Crippen LogP contribution in [-0.4, -0.2) is 23.2 Å². The summed E-state index contributed by atoms with van der Waals surface area (Å²) in [5, 5.41) is 9.64. The predicted molar refractivity (Wildman–Crippen MR) is 80.1 cm³/mol. The number of rotatable bonds is 4. The van der Waals surface area contributed by atoms with E-state index in [0.717, 1.165) is 16.0 Å². The van der Waals surface area contributed by atoms with Crippen LogP contribution in [0.5, 0.6) is 5.75 Å². The van der Waals surface area contributed by atoms with E-state index in [1.165, 1.54) is 30.6 Å². The molecule has 6 heteroatoms. The minimum Gasteiger partial charge on any atom is -0.494 e. The third-order valence-electron chi connectivity index (χ3n) is 2.86. The standard InChI is InChI=1S/C15H14FNO3S/c1-8(6-13(18)19)15-14(17-9(2)21-15)10-4-5-12(20-3)11(16)7-10/h4-7H,1-3H3,(H,18,19)/b8-6+. The number of aryl methyl sites for hydroxylation is 1. The summed E-state index contributed by atoms with van der Waals surface area (Å²) in [6.07, 6.45) is 1.12. The highest BCUT2D eigenvalue weighted by Crippen LogP contribution is 2.34. The molecule has 1 aromatic carbocycles. The van der Waals surface area contributed by atoms with Gasteiger partial charge in [0.1, 0.15) is 0 Å². The van der Waals surface area contributed by atoms with Crippen LogP contribution in [0.25, 0.3) is 16.8 Å². The summed E-state index contributed by atoms with van der Waals surface area (Å²) in [5.41, 5.74) is 1.75. The first-order valence-corrected chi connectivity index (χ1v) is 6.97. The minimum atomic E-state index is -1.02. The normalized spacial score (nSPS) is 11.5. The maximum Gasteiger partial charge on any atom is 0.328 e. The van der Waals surface area contributed by atoms with E-state index in [9.17, 15) is 9.18 Å². The molecule has 2 aromatic rings. The van der Waals surface area contributed by atoms with E-state index in [4.69, 9.17) is 9.84 Å². The van der Waals surface area contributed by atoms with E-state index in [-0.39, 0.29) is 5.75 Å². The van der Waals surface area contributed by atoms with Gasteiger partial charge in [-0.25, -0.2) is 14.2 Å². The summed E-state index contributed by atoms with van der Waals surface area (Å²) in [4.78, 5) is 15.9. The average molecular weight is 307 g/mol. The molecule has 0 spiro atoms. The third-order valence-corrected chi connectivity index (χ3v) is 3.96. The molecule has 4 nitrogen and oxygen atoms in total. The summed E-state index contributed by atoms with van der Waals surface area (Å²) in [6, 6.07) is 4.57. The zero-order valence-electron chi connectivity index (χ0n) is 11.8. The lowest BCUT2D eigenvalue weighted by Gasteiger charge is -2.05. The van der Waals surface area contributed by atoms with Crippen LogP contribution in [0.4, 0.5) is 4.39 Å². The third kappa shape index (κ3) is 3.28. The molecule has 0 aliphatic carbocycles. The molecule has 0 radical (unpaired) electrons. The van der Waals surface area contributed by atoms with Crippen LogP contribution in [0.1, 0.15) is 16.8 Å². The van der Waals surface area contributed by atoms with E-state index in [1.54, 1.807) is 13.0 Å². The van der Waals surface area contributed by atoms with E-state index in [2.05, 4.69) is 4.98 Å². The van der Waals surface area contributed by atoms with Crippen LogP contribution in [0.3, 0.4) is 0 Å². The second-order valence-corrected chi connectivity index (χ2v) is 5.63. The Morgan fingerprint density at radius 2 is 2.19 bits per heavy atom. The molecule has 110 valence electrons. The van der Waals surface area contributed by atoms with E-state index in [0.29, 0.717) is 16.8 Å². The topological polar surface area (TPSA) is 59.4 Å². The highest BCUT2D eigenvalue weighted by molar-refractivity contribution is 7.13. The smallest absolute Gasteiger partial charge is 0.328 e. The first-order chi connectivity index (χ1) is 9.92. The number of benzene rings is 1. The van der Waals surface area contributed by atoms with Crippen molar-refractivity contribution in [3.8, 4) is 17.0 Å². The fraction of sp³-hybridized carbons (Fsp3) is 0.200. The monoisotopic (exact) mass is 307 g/mol. The van der Waals surface area contributed by atoms with Crippen LogP contribution in [0, 0.1) is 12.7 Å². The molecule has 0 amide bonds. The van der Waals surface area contributed by atoms with Crippen molar-refractivity contribution < 1.29 is 19.0 Å². The Morgan fingerprint density at radius 3 is 2.76 bits per heavy atom. The molecule has 1 heterocycles. The fourth-order valence-corrected chi connectivity index (χ4v) is 2.87. The van der Waals surface area contributed by atoms with Gasteiger partial charge in [0.25, 0.3) is 0 Å². The molecule has 0 unspecified atom stereocenters. The number of ether oxygens (including phenoxy) is 1. The Kier molecular flexibility index (Phi) is 4.37. The Hall–Kier alpha value is -2.21. The summed E-state index contributed by atoms with van der Waals surface area (Å²) in [6.45, 7) is 3.52. The second kappa shape index (κ2) is 6.05. The summed E-state index contributed by atoms with van der Waals surface area (Å²) in [7, 11) is 1.40. The molecular weight excluding hydrogens is 293 g/mol. The molecule has 0 saturated heterocycles. The maximum absolute atomic E-state index is 13.8. The molecule has 0 saturated carbocycles. The number of carboxylic acids is 1. The number of carbonyl (C=O) groups is 1. The van der Waals surface area contributed by atoms with Crippen LogP contribution < -0.4 is 4.74 Å². The quantitative estimate of drug-likeness (QED) is 0.874. The number of allylic oxidation sites excluding steroid dienone is 1. The van der Waals surface area contributed by atoms with Gasteiger partial charge in [0, 0.05) is 11.6 Å². The summed E-state index contributed by atoms with van der Waals surface area (Å²) < 4.78 is 18.7. The van der Waals surface area contributed by atoms with Crippen LogP contribution in [-0.2, 0) is 4.79 Å². The molecule has 2 rings (SSSR count). The number of halogens is 1. The first kappa shape index (κ1) is 15.2. The Labute approximate surface area is 125 Å². The van der Waals surface area contributed by atoms with Crippen molar-refractivity contribution in [3.63, 3.8) is 0 Å². The Balaban J connectivity index is 2.54. The van der Waals surface area contributed by atoms with Crippen molar-refractivity contribution in [1.82, 2.24) is 4.98 Å². The molecule has 0 bridgehead atoms. The van der Waals surface area contributed by atoms with Gasteiger partial charge < -0.3 is 9.84 Å². The molecule has 0 fully saturated rings. The summed E-state index contributed by atoms with van der Waals surface area (Å²) in [5.74, 6) is -1.35. The van der Waals surface area contributed by atoms with Gasteiger partial charge in [0.15, 0.2) is 11.6 Å². The van der Waals surface area contributed by atoms with Gasteiger partial charge in [-0.05, 0) is 37.6 Å². The van der Waals surface area contributed by atoms with Gasteiger partial charge >= 0.3 is 5.97 Å². The maximum atomic E-state index is 13.8. The lowest BCUT2D eigenvalue weighted by atomic mass is 10.1. The van der Waals surface area contributed by atoms with E-state index < -0.39 is 11.8 Å². The predicted octanol–water partition coefficient (Wildman–Crippen LogP) is 3.75. The SMILES string of the molecule is COc1ccc(-c2nc(C)sc2/C(C)=C/C(=O)O)cc1F. The second-order valence-electron chi connectivity index (χ2n) is 4.43. The lowest BCUT2D eigenvalue weighted by molar-refractivity contribution is -0.131. The lowest BCUT2D eigenvalue weighted by Crippen LogP contribution is -1.92. The van der Waals surface area contributed by atoms with Gasteiger partial charge in [-0.1, -0.05) is 0 Å². The highest BCUT2D eigenvalue weighted by Gasteiger charge is 2.15. The highest BCUT2D eigenvalue weighted by atomic mass is 32.1. The van der Waals surface area contributed by atoms with Gasteiger partial charge in [0.05, 0.1) is 22.7 Å². The number of aliphatic carboxylic acids is 1. The molecule has 1 N–H and O–H groups in total. The molecule has 0 atom stereocenters. The summed E-state index contributed by atoms with van der Waals surface area (Å²) >= 11 is 1.38. The average Bonchev–Trinajstić information content (AvgIpc) is 2.80. The van der Waals surface area contributed by atoms with Crippen LogP contribution in [0.15, 0.2) is 24.3 Å². The van der Waals surface area contributed by atoms with Crippen LogP contribution >= 0.6 is 11.3 Å². The zero-order valence-corrected chi connectivity index (χ0v) is 12.6. The van der Waals surface area contributed by atoms with Crippen molar-refractivity contribution in [2.75, 3.05) is 7.11 Å². The number of carboxylic acid groups (broad SMARTS) is 1. The molecule has 0 aliphatic heterocycles. The largest absolute Gasteiger partial charge is 0.494 e. The van der Waals surface area contributed by atoms with Crippen molar-refractivity contribution in [1.29, 1.82) is 0 Å².